The normalized spacial score (nSPS) is 11.6. The van der Waals surface area contributed by atoms with Crippen molar-refractivity contribution in [2.45, 2.75) is 6.04 Å². The Labute approximate surface area is 167 Å². The van der Waals surface area contributed by atoms with E-state index in [4.69, 9.17) is 4.74 Å². The van der Waals surface area contributed by atoms with Crippen molar-refractivity contribution in [3.05, 3.63) is 71.0 Å². The summed E-state index contributed by atoms with van der Waals surface area (Å²) in [5, 5.41) is 21.6. The number of ether oxygens (including phenoxy) is 1. The lowest BCUT2D eigenvalue weighted by molar-refractivity contribution is -0.384. The number of nitro groups is 1. The van der Waals surface area contributed by atoms with Crippen molar-refractivity contribution >= 4 is 33.9 Å². The van der Waals surface area contributed by atoms with Crippen LogP contribution in [0.2, 0.25) is 0 Å². The van der Waals surface area contributed by atoms with E-state index in [1.54, 1.807) is 36.7 Å². The van der Waals surface area contributed by atoms with Gasteiger partial charge in [0.15, 0.2) is 0 Å². The lowest BCUT2D eigenvalue weighted by Gasteiger charge is -2.20. The number of rotatable bonds is 8. The molecule has 1 aromatic heterocycles. The fourth-order valence-corrected chi connectivity index (χ4v) is 2.94. The molecule has 0 aliphatic rings. The molecule has 0 spiro atoms. The Morgan fingerprint density at radius 3 is 2.76 bits per heavy atom. The number of anilines is 2. The second kappa shape index (κ2) is 9.47. The molecule has 0 saturated heterocycles. The van der Waals surface area contributed by atoms with E-state index in [2.05, 4.69) is 20.9 Å². The van der Waals surface area contributed by atoms with E-state index in [0.717, 1.165) is 10.8 Å². The van der Waals surface area contributed by atoms with Gasteiger partial charge in [-0.25, -0.2) is 4.79 Å². The number of para-hydroxylation sites is 2. The van der Waals surface area contributed by atoms with E-state index in [1.165, 1.54) is 13.2 Å². The topological polar surface area (TPSA) is 118 Å². The number of amides is 2. The smallest absolute Gasteiger partial charge is 0.319 e. The predicted molar refractivity (Wildman–Crippen MR) is 111 cm³/mol. The van der Waals surface area contributed by atoms with Crippen molar-refractivity contribution in [1.82, 2.24) is 10.3 Å². The van der Waals surface area contributed by atoms with Crippen LogP contribution in [-0.4, -0.2) is 42.2 Å². The summed E-state index contributed by atoms with van der Waals surface area (Å²) >= 11 is 0. The van der Waals surface area contributed by atoms with Crippen LogP contribution in [0.25, 0.3) is 10.8 Å². The molecule has 1 heterocycles. The van der Waals surface area contributed by atoms with Crippen LogP contribution in [0.1, 0.15) is 0 Å². The minimum Gasteiger partial charge on any atom is -0.382 e. The molecule has 9 heteroatoms. The van der Waals surface area contributed by atoms with Gasteiger partial charge in [-0.2, -0.15) is 0 Å². The molecule has 1 atom stereocenters. The van der Waals surface area contributed by atoms with Crippen molar-refractivity contribution in [2.75, 3.05) is 30.9 Å². The third kappa shape index (κ3) is 5.17. The predicted octanol–water partition coefficient (Wildman–Crippen LogP) is 3.39. The van der Waals surface area contributed by atoms with Crippen LogP contribution in [0.4, 0.5) is 21.9 Å². The first-order chi connectivity index (χ1) is 14.1. The number of carbonyl (C=O) groups is 1. The molecule has 2 amide bonds. The van der Waals surface area contributed by atoms with Gasteiger partial charge < -0.3 is 20.7 Å². The molecule has 0 radical (unpaired) electrons. The van der Waals surface area contributed by atoms with E-state index in [-0.39, 0.29) is 18.8 Å². The first kappa shape index (κ1) is 20.0. The summed E-state index contributed by atoms with van der Waals surface area (Å²) in [5.74, 6) is 0. The van der Waals surface area contributed by atoms with Crippen LogP contribution in [0, 0.1) is 10.1 Å². The fourth-order valence-electron chi connectivity index (χ4n) is 2.94. The molecular formula is C20H21N5O4. The Kier molecular flexibility index (Phi) is 6.54. The molecule has 2 aromatic carbocycles. The highest BCUT2D eigenvalue weighted by Gasteiger charge is 2.16. The number of methoxy groups -OCH3 is 1. The number of nitro benzene ring substituents is 1. The molecule has 9 nitrogen and oxygen atoms in total. The number of nitrogens with one attached hydrogen (secondary N) is 3. The Morgan fingerprint density at radius 1 is 1.17 bits per heavy atom. The second-order valence-corrected chi connectivity index (χ2v) is 6.31. The highest BCUT2D eigenvalue weighted by atomic mass is 16.6. The standard InChI is InChI=1S/C20H21N5O4/c1-29-13-15(12-22-18-6-2-3-8-19(18)25(27)28)23-20(26)24-17-7-4-5-14-11-21-10-9-16(14)17/h2-11,15,22H,12-13H2,1H3,(H2,23,24,26). The molecule has 150 valence electrons. The van der Waals surface area contributed by atoms with Gasteiger partial charge in [0.25, 0.3) is 5.69 Å². The van der Waals surface area contributed by atoms with Gasteiger partial charge in [-0.3, -0.25) is 15.1 Å². The van der Waals surface area contributed by atoms with Gasteiger partial charge in [0.2, 0.25) is 0 Å². The maximum atomic E-state index is 12.5. The van der Waals surface area contributed by atoms with E-state index in [9.17, 15) is 14.9 Å². The number of pyridine rings is 1. The molecule has 0 bridgehead atoms. The Morgan fingerprint density at radius 2 is 1.97 bits per heavy atom. The fraction of sp³-hybridized carbons (Fsp3) is 0.200. The Balaban J connectivity index is 1.65. The Bertz CT molecular complexity index is 1010. The number of hydrogen-bond acceptors (Lipinski definition) is 6. The van der Waals surface area contributed by atoms with Crippen LogP contribution in [0.3, 0.4) is 0 Å². The van der Waals surface area contributed by atoms with Gasteiger partial charge in [-0.05, 0) is 18.2 Å². The largest absolute Gasteiger partial charge is 0.382 e. The summed E-state index contributed by atoms with van der Waals surface area (Å²) in [6.45, 7) is 0.492. The molecular weight excluding hydrogens is 374 g/mol. The van der Waals surface area contributed by atoms with Crippen molar-refractivity contribution in [3.63, 3.8) is 0 Å². The zero-order chi connectivity index (χ0) is 20.6. The average Bonchev–Trinajstić information content (AvgIpc) is 2.72. The summed E-state index contributed by atoms with van der Waals surface area (Å²) in [5.41, 5.74) is 1.00. The zero-order valence-corrected chi connectivity index (χ0v) is 15.8. The summed E-state index contributed by atoms with van der Waals surface area (Å²) in [6, 6.07) is 12.9. The highest BCUT2D eigenvalue weighted by molar-refractivity contribution is 6.01. The maximum Gasteiger partial charge on any atom is 0.319 e. The van der Waals surface area contributed by atoms with Crippen LogP contribution in [0.5, 0.6) is 0 Å². The number of fused-ring (bicyclic) bond motifs is 1. The lowest BCUT2D eigenvalue weighted by atomic mass is 10.1. The minimum atomic E-state index is -0.455. The SMILES string of the molecule is COCC(CNc1ccccc1[N+](=O)[O-])NC(=O)Nc1cccc2cnccc12. The number of aromatic nitrogens is 1. The Hall–Kier alpha value is -3.72. The number of nitrogens with zero attached hydrogens (tertiary/aromatic N) is 2. The van der Waals surface area contributed by atoms with Gasteiger partial charge >= 0.3 is 6.03 Å². The first-order valence-corrected chi connectivity index (χ1v) is 8.95. The highest BCUT2D eigenvalue weighted by Crippen LogP contribution is 2.23. The van der Waals surface area contributed by atoms with Crippen LogP contribution < -0.4 is 16.0 Å². The molecule has 3 aromatic rings. The minimum absolute atomic E-state index is 0.0301. The van der Waals surface area contributed by atoms with Crippen molar-refractivity contribution < 1.29 is 14.5 Å². The van der Waals surface area contributed by atoms with Gasteiger partial charge in [0, 0.05) is 42.9 Å². The number of carbonyl (C=O) groups excluding carboxylic acids is 1. The third-order valence-corrected chi connectivity index (χ3v) is 4.27. The number of hydrogen-bond donors (Lipinski definition) is 3. The van der Waals surface area contributed by atoms with Gasteiger partial charge in [0.1, 0.15) is 5.69 Å². The van der Waals surface area contributed by atoms with Gasteiger partial charge in [-0.15, -0.1) is 0 Å². The number of benzene rings is 2. The molecule has 0 aliphatic heterocycles. The molecule has 3 rings (SSSR count). The van der Waals surface area contributed by atoms with Crippen LogP contribution in [0.15, 0.2) is 60.9 Å². The molecule has 0 fully saturated rings. The molecule has 0 saturated carbocycles. The van der Waals surface area contributed by atoms with Gasteiger partial charge in [0.05, 0.1) is 23.3 Å². The average molecular weight is 395 g/mol. The van der Waals surface area contributed by atoms with Crippen LogP contribution >= 0.6 is 0 Å². The van der Waals surface area contributed by atoms with Crippen molar-refractivity contribution in [1.29, 1.82) is 0 Å². The molecule has 1 unspecified atom stereocenters. The second-order valence-electron chi connectivity index (χ2n) is 6.31. The molecule has 0 aliphatic carbocycles. The molecule has 3 N–H and O–H groups in total. The van der Waals surface area contributed by atoms with Crippen molar-refractivity contribution in [2.24, 2.45) is 0 Å². The van der Waals surface area contributed by atoms with E-state index in [0.29, 0.717) is 11.4 Å². The monoisotopic (exact) mass is 395 g/mol. The summed E-state index contributed by atoms with van der Waals surface area (Å²) in [4.78, 5) is 27.3. The van der Waals surface area contributed by atoms with E-state index < -0.39 is 17.0 Å². The van der Waals surface area contributed by atoms with E-state index >= 15 is 0 Å². The van der Waals surface area contributed by atoms with Crippen molar-refractivity contribution in [3.8, 4) is 0 Å². The quantitative estimate of drug-likeness (QED) is 0.397. The summed E-state index contributed by atoms with van der Waals surface area (Å²) in [7, 11) is 1.52. The summed E-state index contributed by atoms with van der Waals surface area (Å²) < 4.78 is 5.17. The summed E-state index contributed by atoms with van der Waals surface area (Å²) in [6.07, 6.45) is 3.39. The van der Waals surface area contributed by atoms with E-state index in [1.807, 2.05) is 18.2 Å². The lowest BCUT2D eigenvalue weighted by Crippen LogP contribution is -2.44. The zero-order valence-electron chi connectivity index (χ0n) is 15.8. The van der Waals surface area contributed by atoms with Crippen LogP contribution in [-0.2, 0) is 4.74 Å². The number of urea groups is 1. The third-order valence-electron chi connectivity index (χ3n) is 4.27. The molecule has 29 heavy (non-hydrogen) atoms. The van der Waals surface area contributed by atoms with Gasteiger partial charge in [-0.1, -0.05) is 24.3 Å². The first-order valence-electron chi connectivity index (χ1n) is 8.95. The maximum absolute atomic E-state index is 12.5.